The van der Waals surface area contributed by atoms with E-state index in [1.165, 1.54) is 12.5 Å². The first kappa shape index (κ1) is 14.2. The molecule has 1 aliphatic heterocycles. The number of H-pyrrole nitrogens is 1. The predicted molar refractivity (Wildman–Crippen MR) is 77.5 cm³/mol. The van der Waals surface area contributed by atoms with E-state index in [1.807, 2.05) is 12.2 Å². The summed E-state index contributed by atoms with van der Waals surface area (Å²) < 4.78 is 0. The molecule has 1 amide bonds. The summed E-state index contributed by atoms with van der Waals surface area (Å²) in [6.07, 6.45) is 9.47. The lowest BCUT2D eigenvalue weighted by Gasteiger charge is -2.37. The topological polar surface area (TPSA) is 66.1 Å². The maximum Gasteiger partial charge on any atom is 0.263 e. The molecule has 1 fully saturated rings. The Labute approximate surface area is 118 Å². The molecule has 1 saturated heterocycles. The maximum atomic E-state index is 12.6. The van der Waals surface area contributed by atoms with E-state index in [2.05, 4.69) is 23.1 Å². The van der Waals surface area contributed by atoms with Crippen molar-refractivity contribution in [2.45, 2.75) is 31.2 Å². The zero-order valence-corrected chi connectivity index (χ0v) is 11.5. The highest BCUT2D eigenvalue weighted by Crippen LogP contribution is 2.36. The number of likely N-dealkylation sites (tertiary alicyclic amines) is 1. The van der Waals surface area contributed by atoms with E-state index >= 15 is 0 Å². The molecule has 0 unspecified atom stereocenters. The van der Waals surface area contributed by atoms with Gasteiger partial charge in [0.25, 0.3) is 11.5 Å². The van der Waals surface area contributed by atoms with E-state index in [4.69, 9.17) is 0 Å². The van der Waals surface area contributed by atoms with E-state index in [1.54, 1.807) is 4.90 Å². The van der Waals surface area contributed by atoms with Gasteiger partial charge in [0.2, 0.25) is 0 Å². The quantitative estimate of drug-likeness (QED) is 0.833. The number of hydrogen-bond acceptors (Lipinski definition) is 3. The fraction of sp³-hybridized carbons (Fsp3) is 0.400. The molecular weight excluding hydrogens is 254 g/mol. The number of rotatable bonds is 5. The molecule has 0 atom stereocenters. The van der Waals surface area contributed by atoms with Gasteiger partial charge in [-0.05, 0) is 25.7 Å². The number of aromatic amines is 1. The Morgan fingerprint density at radius 1 is 1.45 bits per heavy atom. The van der Waals surface area contributed by atoms with Gasteiger partial charge in [-0.3, -0.25) is 9.59 Å². The monoisotopic (exact) mass is 273 g/mol. The number of carbonyl (C=O) groups excluding carboxylic acids is 1. The van der Waals surface area contributed by atoms with E-state index in [-0.39, 0.29) is 17.0 Å². The Bertz CT molecular complexity index is 566. The third-order valence-electron chi connectivity index (χ3n) is 3.84. The van der Waals surface area contributed by atoms with Gasteiger partial charge in [-0.25, -0.2) is 4.98 Å². The Balaban J connectivity index is 2.37. The number of carbonyl (C=O) groups is 1. The normalized spacial score (nSPS) is 16.9. The molecule has 0 aliphatic carbocycles. The molecule has 0 radical (unpaired) electrons. The molecule has 1 aromatic heterocycles. The summed E-state index contributed by atoms with van der Waals surface area (Å²) in [5, 5.41) is 0. The average molecular weight is 273 g/mol. The van der Waals surface area contributed by atoms with Crippen LogP contribution in [0.1, 0.15) is 36.0 Å². The van der Waals surface area contributed by atoms with Crippen LogP contribution in [0.25, 0.3) is 0 Å². The predicted octanol–water partition coefficient (Wildman–Crippen LogP) is 1.90. The van der Waals surface area contributed by atoms with Gasteiger partial charge in [0.05, 0.1) is 11.9 Å². The molecule has 0 aromatic carbocycles. The summed E-state index contributed by atoms with van der Waals surface area (Å²) in [7, 11) is 0. The second-order valence-electron chi connectivity index (χ2n) is 5.06. The molecule has 1 aliphatic rings. The SMILES string of the molecule is C=CCC1(CC=C)CCCN1C(=O)c1cnc[nH]c1=O. The lowest BCUT2D eigenvalue weighted by molar-refractivity contribution is 0.0599. The highest BCUT2D eigenvalue weighted by molar-refractivity contribution is 5.94. The average Bonchev–Trinajstić information content (AvgIpc) is 2.83. The number of aromatic nitrogens is 2. The first-order valence-corrected chi connectivity index (χ1v) is 6.71. The minimum atomic E-state index is -0.400. The van der Waals surface area contributed by atoms with Crippen molar-refractivity contribution in [1.82, 2.24) is 14.9 Å². The molecule has 0 bridgehead atoms. The van der Waals surface area contributed by atoms with Gasteiger partial charge < -0.3 is 9.88 Å². The standard InChI is InChI=1S/C15H19N3O2/c1-3-6-15(7-4-2)8-5-9-18(15)14(20)12-10-16-11-17-13(12)19/h3-4,10-11H,1-2,5-9H2,(H,16,17,19). The summed E-state index contributed by atoms with van der Waals surface area (Å²) in [6, 6.07) is 0. The second kappa shape index (κ2) is 5.86. The van der Waals surface area contributed by atoms with Crippen LogP contribution >= 0.6 is 0 Å². The Morgan fingerprint density at radius 2 is 2.15 bits per heavy atom. The first-order chi connectivity index (χ1) is 9.64. The number of nitrogens with one attached hydrogen (secondary N) is 1. The van der Waals surface area contributed by atoms with Crippen molar-refractivity contribution in [3.8, 4) is 0 Å². The maximum absolute atomic E-state index is 12.6. The van der Waals surface area contributed by atoms with Crippen LogP contribution < -0.4 is 5.56 Å². The lowest BCUT2D eigenvalue weighted by Crippen LogP contribution is -2.48. The van der Waals surface area contributed by atoms with Crippen LogP contribution in [-0.4, -0.2) is 32.9 Å². The summed E-state index contributed by atoms with van der Waals surface area (Å²) in [5.74, 6) is -0.263. The molecule has 1 aromatic rings. The number of amides is 1. The van der Waals surface area contributed by atoms with Crippen LogP contribution in [0, 0.1) is 0 Å². The van der Waals surface area contributed by atoms with Gasteiger partial charge >= 0.3 is 0 Å². The summed E-state index contributed by atoms with van der Waals surface area (Å²) in [4.78, 5) is 32.4. The Morgan fingerprint density at radius 3 is 2.75 bits per heavy atom. The summed E-state index contributed by atoms with van der Waals surface area (Å²) in [5.41, 5.74) is -0.613. The summed E-state index contributed by atoms with van der Waals surface area (Å²) in [6.45, 7) is 8.21. The van der Waals surface area contributed by atoms with Crippen molar-refractivity contribution >= 4 is 5.91 Å². The molecule has 2 heterocycles. The first-order valence-electron chi connectivity index (χ1n) is 6.71. The van der Waals surface area contributed by atoms with Gasteiger partial charge in [0.1, 0.15) is 5.56 Å². The second-order valence-corrected chi connectivity index (χ2v) is 5.06. The molecule has 20 heavy (non-hydrogen) atoms. The molecule has 106 valence electrons. The van der Waals surface area contributed by atoms with Gasteiger partial charge in [-0.2, -0.15) is 0 Å². The van der Waals surface area contributed by atoms with Crippen molar-refractivity contribution in [1.29, 1.82) is 0 Å². The molecule has 2 rings (SSSR count). The van der Waals surface area contributed by atoms with Crippen LogP contribution in [0.5, 0.6) is 0 Å². The smallest absolute Gasteiger partial charge is 0.263 e. The molecular formula is C15H19N3O2. The molecule has 0 saturated carbocycles. The van der Waals surface area contributed by atoms with Crippen molar-refractivity contribution in [3.63, 3.8) is 0 Å². The van der Waals surface area contributed by atoms with Crippen molar-refractivity contribution in [3.05, 3.63) is 53.8 Å². The van der Waals surface area contributed by atoms with Crippen molar-refractivity contribution in [2.75, 3.05) is 6.54 Å². The molecule has 5 heteroatoms. The third kappa shape index (κ3) is 2.43. The Kier molecular flexibility index (Phi) is 4.17. The Hall–Kier alpha value is -2.17. The van der Waals surface area contributed by atoms with Gasteiger partial charge in [-0.1, -0.05) is 12.2 Å². The molecule has 1 N–H and O–H groups in total. The van der Waals surface area contributed by atoms with E-state index < -0.39 is 5.56 Å². The van der Waals surface area contributed by atoms with Crippen LogP contribution in [0.2, 0.25) is 0 Å². The molecule has 5 nitrogen and oxygen atoms in total. The minimum Gasteiger partial charge on any atom is -0.332 e. The zero-order valence-electron chi connectivity index (χ0n) is 11.5. The van der Waals surface area contributed by atoms with Crippen molar-refractivity contribution < 1.29 is 4.79 Å². The van der Waals surface area contributed by atoms with Gasteiger partial charge in [0.15, 0.2) is 0 Å². The lowest BCUT2D eigenvalue weighted by atomic mass is 9.88. The highest BCUT2D eigenvalue weighted by atomic mass is 16.2. The fourth-order valence-corrected chi connectivity index (χ4v) is 2.94. The van der Waals surface area contributed by atoms with Crippen LogP contribution in [0.3, 0.4) is 0 Å². The van der Waals surface area contributed by atoms with E-state index in [0.717, 1.165) is 12.8 Å². The number of nitrogens with zero attached hydrogens (tertiary/aromatic N) is 2. The van der Waals surface area contributed by atoms with E-state index in [0.29, 0.717) is 19.4 Å². The highest BCUT2D eigenvalue weighted by Gasteiger charge is 2.42. The largest absolute Gasteiger partial charge is 0.332 e. The van der Waals surface area contributed by atoms with Crippen molar-refractivity contribution in [2.24, 2.45) is 0 Å². The number of hydrogen-bond donors (Lipinski definition) is 1. The van der Waals surface area contributed by atoms with Crippen LogP contribution in [0.4, 0.5) is 0 Å². The zero-order chi connectivity index (χ0) is 14.6. The molecule has 0 spiro atoms. The van der Waals surface area contributed by atoms with Gasteiger partial charge in [-0.15, -0.1) is 13.2 Å². The van der Waals surface area contributed by atoms with Crippen LogP contribution in [-0.2, 0) is 0 Å². The third-order valence-corrected chi connectivity index (χ3v) is 3.84. The fourth-order valence-electron chi connectivity index (χ4n) is 2.94. The van der Waals surface area contributed by atoms with E-state index in [9.17, 15) is 9.59 Å². The summed E-state index contributed by atoms with van der Waals surface area (Å²) >= 11 is 0. The van der Waals surface area contributed by atoms with Gasteiger partial charge in [0, 0.05) is 12.7 Å². The van der Waals surface area contributed by atoms with Crippen LogP contribution in [0.15, 0.2) is 42.6 Å². The minimum absolute atomic E-state index is 0.0897.